The van der Waals surface area contributed by atoms with Crippen LogP contribution in [0.15, 0.2) is 70.7 Å². The number of rotatable bonds is 10. The van der Waals surface area contributed by atoms with E-state index in [2.05, 4.69) is 21.2 Å². The molecule has 0 radical (unpaired) electrons. The Labute approximate surface area is 213 Å². The molecule has 0 heterocycles. The van der Waals surface area contributed by atoms with Crippen molar-refractivity contribution in [3.8, 4) is 29.1 Å². The third-order valence-corrected chi connectivity index (χ3v) is 5.63. The third-order valence-electron chi connectivity index (χ3n) is 5.10. The number of nitrogens with zero attached hydrogens (tertiary/aromatic N) is 1. The first-order chi connectivity index (χ1) is 17.0. The second kappa shape index (κ2) is 12.5. The molecule has 35 heavy (non-hydrogen) atoms. The lowest BCUT2D eigenvalue weighted by Crippen LogP contribution is -2.24. The van der Waals surface area contributed by atoms with Crippen LogP contribution in [-0.2, 0) is 17.9 Å². The minimum atomic E-state index is -0.500. The number of ether oxygens (including phenoxy) is 4. The van der Waals surface area contributed by atoms with Crippen LogP contribution in [0.5, 0.6) is 23.0 Å². The Morgan fingerprint density at radius 3 is 2.34 bits per heavy atom. The molecule has 0 aromatic heterocycles. The minimum absolute atomic E-state index is 0.0388. The van der Waals surface area contributed by atoms with E-state index in [1.54, 1.807) is 50.6 Å². The summed E-state index contributed by atoms with van der Waals surface area (Å²) in [6.45, 7) is 0.566. The van der Waals surface area contributed by atoms with Crippen molar-refractivity contribution >= 4 is 27.9 Å². The average molecular weight is 537 g/mol. The number of hydrogen-bond donors (Lipinski definition) is 1. The van der Waals surface area contributed by atoms with Gasteiger partial charge in [0.1, 0.15) is 29.7 Å². The number of benzene rings is 3. The van der Waals surface area contributed by atoms with Crippen molar-refractivity contribution in [2.75, 3.05) is 21.3 Å². The SMILES string of the molecule is COc1ccc(CNC(=O)/C(C#N)=C/c2ccc(OCc3ccc(Br)cc3)c(OC)c2)c(OC)c1. The molecule has 0 fully saturated rings. The average Bonchev–Trinajstić information content (AvgIpc) is 2.90. The molecule has 8 heteroatoms. The van der Waals surface area contributed by atoms with Gasteiger partial charge in [-0.3, -0.25) is 4.79 Å². The highest BCUT2D eigenvalue weighted by atomic mass is 79.9. The standard InChI is InChI=1S/C27H25BrN2O5/c1-32-23-10-7-20(25(14-23)33-2)16-30-27(31)21(15-29)12-19-6-11-24(26(13-19)34-3)35-17-18-4-8-22(28)9-5-18/h4-14H,16-17H2,1-3H3,(H,30,31)/b21-12+. The first-order valence-corrected chi connectivity index (χ1v) is 11.4. The molecule has 1 N–H and O–H groups in total. The largest absolute Gasteiger partial charge is 0.497 e. The van der Waals surface area contributed by atoms with Crippen LogP contribution < -0.4 is 24.3 Å². The third kappa shape index (κ3) is 7.01. The summed E-state index contributed by atoms with van der Waals surface area (Å²) < 4.78 is 22.9. The summed E-state index contributed by atoms with van der Waals surface area (Å²) >= 11 is 3.41. The van der Waals surface area contributed by atoms with E-state index in [4.69, 9.17) is 18.9 Å². The number of carbonyl (C=O) groups is 1. The molecule has 3 rings (SSSR count). The van der Waals surface area contributed by atoms with E-state index in [1.807, 2.05) is 30.3 Å². The van der Waals surface area contributed by atoms with Crippen LogP contribution in [0.2, 0.25) is 0 Å². The second-order valence-electron chi connectivity index (χ2n) is 7.36. The molecule has 0 saturated heterocycles. The molecule has 0 bridgehead atoms. The molecule has 0 aliphatic carbocycles. The van der Waals surface area contributed by atoms with Gasteiger partial charge in [0.05, 0.1) is 21.3 Å². The molecule has 0 aliphatic heterocycles. The van der Waals surface area contributed by atoms with Crippen molar-refractivity contribution in [2.45, 2.75) is 13.2 Å². The van der Waals surface area contributed by atoms with Gasteiger partial charge in [-0.05, 0) is 53.6 Å². The van der Waals surface area contributed by atoms with Gasteiger partial charge >= 0.3 is 0 Å². The molecular formula is C27H25BrN2O5. The van der Waals surface area contributed by atoms with Gasteiger partial charge in [0.25, 0.3) is 5.91 Å². The molecule has 180 valence electrons. The zero-order valence-corrected chi connectivity index (χ0v) is 21.2. The second-order valence-corrected chi connectivity index (χ2v) is 8.27. The lowest BCUT2D eigenvalue weighted by Gasteiger charge is -2.12. The fourth-order valence-corrected chi connectivity index (χ4v) is 3.48. The van der Waals surface area contributed by atoms with Crippen LogP contribution in [0.25, 0.3) is 6.08 Å². The first-order valence-electron chi connectivity index (χ1n) is 10.6. The molecule has 0 aliphatic rings. The quantitative estimate of drug-likeness (QED) is 0.280. The van der Waals surface area contributed by atoms with Gasteiger partial charge in [0, 0.05) is 22.6 Å². The van der Waals surface area contributed by atoms with Gasteiger partial charge < -0.3 is 24.3 Å². The van der Waals surface area contributed by atoms with Crippen molar-refractivity contribution in [3.63, 3.8) is 0 Å². The maximum atomic E-state index is 12.7. The first kappa shape index (κ1) is 25.7. The molecule has 3 aromatic carbocycles. The van der Waals surface area contributed by atoms with Crippen molar-refractivity contribution in [2.24, 2.45) is 0 Å². The highest BCUT2D eigenvalue weighted by molar-refractivity contribution is 9.10. The zero-order chi connectivity index (χ0) is 25.2. The molecule has 3 aromatic rings. The zero-order valence-electron chi connectivity index (χ0n) is 19.6. The highest BCUT2D eigenvalue weighted by Gasteiger charge is 2.13. The van der Waals surface area contributed by atoms with Gasteiger partial charge in [-0.15, -0.1) is 0 Å². The Kier molecular flexibility index (Phi) is 9.16. The van der Waals surface area contributed by atoms with Gasteiger partial charge in [-0.1, -0.05) is 34.1 Å². The van der Waals surface area contributed by atoms with E-state index in [1.165, 1.54) is 13.2 Å². The molecular weight excluding hydrogens is 512 g/mol. The molecule has 0 spiro atoms. The number of nitrogens with one attached hydrogen (secondary N) is 1. The molecule has 1 amide bonds. The molecule has 0 unspecified atom stereocenters. The smallest absolute Gasteiger partial charge is 0.262 e. The Bertz CT molecular complexity index is 1250. The van der Waals surface area contributed by atoms with E-state index in [9.17, 15) is 10.1 Å². The van der Waals surface area contributed by atoms with Crippen molar-refractivity contribution in [1.29, 1.82) is 5.26 Å². The Hall–Kier alpha value is -3.96. The number of carbonyl (C=O) groups excluding carboxylic acids is 1. The lowest BCUT2D eigenvalue weighted by molar-refractivity contribution is -0.117. The lowest BCUT2D eigenvalue weighted by atomic mass is 10.1. The highest BCUT2D eigenvalue weighted by Crippen LogP contribution is 2.30. The van der Waals surface area contributed by atoms with E-state index < -0.39 is 5.91 Å². The topological polar surface area (TPSA) is 89.8 Å². The summed E-state index contributed by atoms with van der Waals surface area (Å²) in [7, 11) is 4.65. The fraction of sp³-hybridized carbons (Fsp3) is 0.185. The molecule has 0 atom stereocenters. The van der Waals surface area contributed by atoms with Crippen LogP contribution >= 0.6 is 15.9 Å². The Morgan fingerprint density at radius 1 is 0.943 bits per heavy atom. The number of nitriles is 1. The van der Waals surface area contributed by atoms with Gasteiger partial charge in [0.2, 0.25) is 0 Å². The summed E-state index contributed by atoms with van der Waals surface area (Å²) in [6.07, 6.45) is 1.50. The summed E-state index contributed by atoms with van der Waals surface area (Å²) in [4.78, 5) is 12.7. The van der Waals surface area contributed by atoms with Crippen LogP contribution in [0.4, 0.5) is 0 Å². The number of methoxy groups -OCH3 is 3. The Balaban J connectivity index is 1.70. The summed E-state index contributed by atoms with van der Waals surface area (Å²) in [5.74, 6) is 1.78. The predicted octanol–water partition coefficient (Wildman–Crippen LogP) is 5.28. The summed E-state index contributed by atoms with van der Waals surface area (Å²) in [5, 5.41) is 12.3. The normalized spacial score (nSPS) is 10.8. The van der Waals surface area contributed by atoms with Gasteiger partial charge in [0.15, 0.2) is 11.5 Å². The van der Waals surface area contributed by atoms with E-state index in [0.29, 0.717) is 35.2 Å². The van der Waals surface area contributed by atoms with E-state index in [-0.39, 0.29) is 12.1 Å². The molecule has 0 saturated carbocycles. The Morgan fingerprint density at radius 2 is 1.69 bits per heavy atom. The minimum Gasteiger partial charge on any atom is -0.497 e. The van der Waals surface area contributed by atoms with Crippen molar-refractivity contribution in [1.82, 2.24) is 5.32 Å². The van der Waals surface area contributed by atoms with Crippen LogP contribution in [-0.4, -0.2) is 27.2 Å². The van der Waals surface area contributed by atoms with E-state index in [0.717, 1.165) is 15.6 Å². The van der Waals surface area contributed by atoms with Crippen LogP contribution in [0.1, 0.15) is 16.7 Å². The van der Waals surface area contributed by atoms with Crippen LogP contribution in [0, 0.1) is 11.3 Å². The van der Waals surface area contributed by atoms with Crippen LogP contribution in [0.3, 0.4) is 0 Å². The number of amides is 1. The van der Waals surface area contributed by atoms with Crippen molar-refractivity contribution < 1.29 is 23.7 Å². The maximum absolute atomic E-state index is 12.7. The van der Waals surface area contributed by atoms with Crippen molar-refractivity contribution in [3.05, 3.63) is 87.4 Å². The monoisotopic (exact) mass is 536 g/mol. The number of halogens is 1. The number of hydrogen-bond acceptors (Lipinski definition) is 6. The van der Waals surface area contributed by atoms with E-state index >= 15 is 0 Å². The summed E-state index contributed by atoms with van der Waals surface area (Å²) in [6, 6.07) is 20.3. The maximum Gasteiger partial charge on any atom is 0.262 e. The van der Waals surface area contributed by atoms with Gasteiger partial charge in [-0.2, -0.15) is 5.26 Å². The predicted molar refractivity (Wildman–Crippen MR) is 136 cm³/mol. The summed E-state index contributed by atoms with van der Waals surface area (Å²) in [5.41, 5.74) is 2.36. The molecule has 7 nitrogen and oxygen atoms in total. The fourth-order valence-electron chi connectivity index (χ4n) is 3.22. The van der Waals surface area contributed by atoms with Gasteiger partial charge in [-0.25, -0.2) is 0 Å².